The number of nitrogens with zero attached hydrogens (tertiary/aromatic N) is 3. The van der Waals surface area contributed by atoms with Gasteiger partial charge in [0.05, 0.1) is 17.6 Å². The first-order valence-corrected chi connectivity index (χ1v) is 7.05. The highest BCUT2D eigenvalue weighted by atomic mass is 15.2. The second kappa shape index (κ2) is 6.15. The molecular formula is C15H24N4. The van der Waals surface area contributed by atoms with Crippen LogP contribution in [-0.2, 0) is 6.54 Å². The fourth-order valence-corrected chi connectivity index (χ4v) is 2.21. The fraction of sp³-hybridized carbons (Fsp3) is 0.600. The summed E-state index contributed by atoms with van der Waals surface area (Å²) in [6.07, 6.45) is 6.46. The van der Waals surface area contributed by atoms with Crippen LogP contribution < -0.4 is 10.2 Å². The Hall–Kier alpha value is -1.42. The molecule has 0 aliphatic heterocycles. The summed E-state index contributed by atoms with van der Waals surface area (Å²) in [5, 5.41) is 3.20. The van der Waals surface area contributed by atoms with Gasteiger partial charge in [0, 0.05) is 25.0 Å². The van der Waals surface area contributed by atoms with E-state index in [9.17, 15) is 0 Å². The lowest BCUT2D eigenvalue weighted by Gasteiger charge is -2.25. The topological polar surface area (TPSA) is 41.1 Å². The fourth-order valence-electron chi connectivity index (χ4n) is 2.21. The van der Waals surface area contributed by atoms with E-state index < -0.39 is 0 Å². The lowest BCUT2D eigenvalue weighted by molar-refractivity contribution is 0.714. The van der Waals surface area contributed by atoms with E-state index in [0.717, 1.165) is 30.3 Å². The summed E-state index contributed by atoms with van der Waals surface area (Å²) in [5.74, 6) is 1.28. The normalized spacial score (nSPS) is 14.7. The molecule has 2 rings (SSSR count). The molecule has 1 saturated carbocycles. The van der Waals surface area contributed by atoms with E-state index in [2.05, 4.69) is 35.6 Å². The standard InChI is InChI=1S/C15H24N4/c1-5-8-19(12-6-7-12)14-10-17-15(11(2)3)18-13(14)9-16-4/h5,10-12,16H,1,6-9H2,2-4H3. The molecule has 0 spiro atoms. The van der Waals surface area contributed by atoms with Crippen molar-refractivity contribution in [2.24, 2.45) is 0 Å². The molecule has 4 heteroatoms. The van der Waals surface area contributed by atoms with Gasteiger partial charge >= 0.3 is 0 Å². The summed E-state index contributed by atoms with van der Waals surface area (Å²) in [5.41, 5.74) is 2.25. The summed E-state index contributed by atoms with van der Waals surface area (Å²) >= 11 is 0. The van der Waals surface area contributed by atoms with E-state index in [4.69, 9.17) is 4.98 Å². The van der Waals surface area contributed by atoms with E-state index in [1.807, 2.05) is 19.3 Å². The third kappa shape index (κ3) is 3.32. The average Bonchev–Trinajstić information content (AvgIpc) is 3.21. The zero-order valence-electron chi connectivity index (χ0n) is 12.2. The van der Waals surface area contributed by atoms with Gasteiger partial charge in [-0.2, -0.15) is 0 Å². The predicted octanol–water partition coefficient (Wildman–Crippen LogP) is 2.47. The summed E-state index contributed by atoms with van der Waals surface area (Å²) < 4.78 is 0. The molecule has 1 aliphatic rings. The van der Waals surface area contributed by atoms with Crippen LogP contribution in [0.15, 0.2) is 18.9 Å². The average molecular weight is 260 g/mol. The van der Waals surface area contributed by atoms with Gasteiger partial charge in [-0.15, -0.1) is 6.58 Å². The first kappa shape index (κ1) is 14.0. The van der Waals surface area contributed by atoms with Crippen molar-refractivity contribution in [3.8, 4) is 0 Å². The molecule has 1 aliphatic carbocycles. The van der Waals surface area contributed by atoms with Crippen molar-refractivity contribution >= 4 is 5.69 Å². The van der Waals surface area contributed by atoms with Gasteiger partial charge in [0.2, 0.25) is 0 Å². The smallest absolute Gasteiger partial charge is 0.131 e. The molecule has 104 valence electrons. The molecular weight excluding hydrogens is 236 g/mol. The van der Waals surface area contributed by atoms with E-state index in [1.54, 1.807) is 0 Å². The van der Waals surface area contributed by atoms with Crippen LogP contribution in [0.25, 0.3) is 0 Å². The van der Waals surface area contributed by atoms with Crippen molar-refractivity contribution in [3.63, 3.8) is 0 Å². The zero-order valence-corrected chi connectivity index (χ0v) is 12.2. The van der Waals surface area contributed by atoms with E-state index in [-0.39, 0.29) is 0 Å². The van der Waals surface area contributed by atoms with Gasteiger partial charge in [-0.1, -0.05) is 19.9 Å². The minimum atomic E-state index is 0.360. The van der Waals surface area contributed by atoms with Gasteiger partial charge < -0.3 is 10.2 Å². The van der Waals surface area contributed by atoms with Gasteiger partial charge in [-0.05, 0) is 19.9 Å². The van der Waals surface area contributed by atoms with Crippen molar-refractivity contribution in [2.75, 3.05) is 18.5 Å². The molecule has 0 saturated heterocycles. The quantitative estimate of drug-likeness (QED) is 0.765. The molecule has 1 fully saturated rings. The second-order valence-corrected chi connectivity index (χ2v) is 5.42. The molecule has 0 radical (unpaired) electrons. The number of rotatable bonds is 7. The van der Waals surface area contributed by atoms with Crippen LogP contribution in [0.1, 0.15) is 44.1 Å². The number of aromatic nitrogens is 2. The van der Waals surface area contributed by atoms with Crippen LogP contribution in [0.2, 0.25) is 0 Å². The van der Waals surface area contributed by atoms with Crippen molar-refractivity contribution in [1.29, 1.82) is 0 Å². The highest BCUT2D eigenvalue weighted by molar-refractivity contribution is 5.52. The number of nitrogens with one attached hydrogen (secondary N) is 1. The Morgan fingerprint density at radius 2 is 2.26 bits per heavy atom. The molecule has 1 aromatic rings. The Kier molecular flexibility index (Phi) is 4.53. The Balaban J connectivity index is 2.33. The molecule has 4 nitrogen and oxygen atoms in total. The van der Waals surface area contributed by atoms with Crippen molar-refractivity contribution in [3.05, 3.63) is 30.4 Å². The Morgan fingerprint density at radius 3 is 2.79 bits per heavy atom. The Labute approximate surface area is 115 Å². The number of anilines is 1. The highest BCUT2D eigenvalue weighted by Crippen LogP contribution is 2.33. The Morgan fingerprint density at radius 1 is 1.53 bits per heavy atom. The molecule has 0 atom stereocenters. The minimum Gasteiger partial charge on any atom is -0.362 e. The molecule has 1 N–H and O–H groups in total. The second-order valence-electron chi connectivity index (χ2n) is 5.42. The molecule has 1 aromatic heterocycles. The Bertz CT molecular complexity index is 438. The zero-order chi connectivity index (χ0) is 13.8. The highest BCUT2D eigenvalue weighted by Gasteiger charge is 2.30. The van der Waals surface area contributed by atoms with Crippen LogP contribution in [-0.4, -0.2) is 29.6 Å². The van der Waals surface area contributed by atoms with Gasteiger partial charge in [0.1, 0.15) is 5.82 Å². The summed E-state index contributed by atoms with van der Waals surface area (Å²) in [4.78, 5) is 11.6. The van der Waals surface area contributed by atoms with Gasteiger partial charge in [-0.3, -0.25) is 0 Å². The third-order valence-corrected chi connectivity index (χ3v) is 3.35. The molecule has 1 heterocycles. The molecule has 19 heavy (non-hydrogen) atoms. The molecule has 0 amide bonds. The summed E-state index contributed by atoms with van der Waals surface area (Å²) in [6.45, 7) is 9.75. The van der Waals surface area contributed by atoms with Crippen LogP contribution in [0.5, 0.6) is 0 Å². The van der Waals surface area contributed by atoms with Crippen LogP contribution in [0.4, 0.5) is 5.69 Å². The summed E-state index contributed by atoms with van der Waals surface area (Å²) in [7, 11) is 1.95. The SMILES string of the molecule is C=CCN(c1cnc(C(C)C)nc1CNC)C1CC1. The van der Waals surface area contributed by atoms with Gasteiger partial charge in [0.25, 0.3) is 0 Å². The molecule has 0 unspecified atom stereocenters. The summed E-state index contributed by atoms with van der Waals surface area (Å²) in [6, 6.07) is 0.641. The first-order valence-electron chi connectivity index (χ1n) is 7.05. The maximum Gasteiger partial charge on any atom is 0.131 e. The van der Waals surface area contributed by atoms with Crippen molar-refractivity contribution < 1.29 is 0 Å². The van der Waals surface area contributed by atoms with Crippen LogP contribution >= 0.6 is 0 Å². The molecule has 0 bridgehead atoms. The lowest BCUT2D eigenvalue weighted by atomic mass is 10.2. The maximum atomic E-state index is 4.73. The van der Waals surface area contributed by atoms with Crippen molar-refractivity contribution in [1.82, 2.24) is 15.3 Å². The monoisotopic (exact) mass is 260 g/mol. The van der Waals surface area contributed by atoms with Crippen molar-refractivity contribution in [2.45, 2.75) is 45.2 Å². The van der Waals surface area contributed by atoms with E-state index in [1.165, 1.54) is 12.8 Å². The van der Waals surface area contributed by atoms with Gasteiger partial charge in [-0.25, -0.2) is 9.97 Å². The third-order valence-electron chi connectivity index (χ3n) is 3.35. The lowest BCUT2D eigenvalue weighted by Crippen LogP contribution is -2.28. The largest absolute Gasteiger partial charge is 0.362 e. The number of hydrogen-bond donors (Lipinski definition) is 1. The number of hydrogen-bond acceptors (Lipinski definition) is 4. The predicted molar refractivity (Wildman–Crippen MR) is 79.4 cm³/mol. The van der Waals surface area contributed by atoms with Gasteiger partial charge in [0.15, 0.2) is 0 Å². The van der Waals surface area contributed by atoms with E-state index in [0.29, 0.717) is 12.0 Å². The van der Waals surface area contributed by atoms with Crippen LogP contribution in [0, 0.1) is 0 Å². The maximum absolute atomic E-state index is 4.73. The minimum absolute atomic E-state index is 0.360. The van der Waals surface area contributed by atoms with E-state index >= 15 is 0 Å². The first-order chi connectivity index (χ1) is 9.17. The molecule has 0 aromatic carbocycles. The van der Waals surface area contributed by atoms with Crippen LogP contribution in [0.3, 0.4) is 0 Å².